The quantitative estimate of drug-likeness (QED) is 0.714. The lowest BCUT2D eigenvalue weighted by Gasteiger charge is -2.01. The summed E-state index contributed by atoms with van der Waals surface area (Å²) in [7, 11) is 0. The summed E-state index contributed by atoms with van der Waals surface area (Å²) in [5.41, 5.74) is 0. The number of rotatable bonds is 2. The molecule has 0 saturated heterocycles. The van der Waals surface area contributed by atoms with Crippen LogP contribution in [0.4, 0.5) is 5.82 Å². The Bertz CT molecular complexity index is 285. The number of aromatic nitrogens is 2. The summed E-state index contributed by atoms with van der Waals surface area (Å²) in [6.07, 6.45) is 2.08. The highest BCUT2D eigenvalue weighted by Crippen LogP contribution is 2.00. The molecule has 0 aliphatic heterocycles. The van der Waals surface area contributed by atoms with Crippen molar-refractivity contribution in [1.29, 1.82) is 0 Å². The zero-order valence-corrected chi connectivity index (χ0v) is 7.16. The van der Waals surface area contributed by atoms with E-state index < -0.39 is 0 Å². The maximum Gasteiger partial charge on any atom is 0.225 e. The third-order valence-corrected chi connectivity index (χ3v) is 1.36. The predicted molar refractivity (Wildman–Crippen MR) is 45.7 cm³/mol. The van der Waals surface area contributed by atoms with Crippen molar-refractivity contribution in [2.45, 2.75) is 20.3 Å². The molecule has 0 unspecified atom stereocenters. The monoisotopic (exact) mass is 165 g/mol. The fraction of sp³-hybridized carbons (Fsp3) is 0.375. The lowest BCUT2D eigenvalue weighted by molar-refractivity contribution is -0.115. The van der Waals surface area contributed by atoms with Gasteiger partial charge in [-0.2, -0.15) is 0 Å². The van der Waals surface area contributed by atoms with Crippen LogP contribution in [0.25, 0.3) is 0 Å². The fourth-order valence-corrected chi connectivity index (χ4v) is 0.757. The maximum absolute atomic E-state index is 10.9. The van der Waals surface area contributed by atoms with E-state index in [1.807, 2.05) is 0 Å². The number of nitrogens with zero attached hydrogens (tertiary/aromatic N) is 2. The largest absolute Gasteiger partial charge is 0.311 e. The van der Waals surface area contributed by atoms with Gasteiger partial charge >= 0.3 is 0 Å². The molecular formula is C8H11N3O. The second kappa shape index (κ2) is 3.80. The standard InChI is InChI=1S/C8H11N3O/c1-3-8(12)11-7-4-5-9-6(2)10-7/h4-5H,3H2,1-2H3,(H,9,10,11,12). The fourth-order valence-electron chi connectivity index (χ4n) is 0.757. The zero-order chi connectivity index (χ0) is 8.97. The molecule has 4 nitrogen and oxygen atoms in total. The molecule has 1 N–H and O–H groups in total. The molecule has 0 saturated carbocycles. The summed E-state index contributed by atoms with van der Waals surface area (Å²) in [5.74, 6) is 1.19. The van der Waals surface area contributed by atoms with E-state index in [9.17, 15) is 4.79 Å². The Morgan fingerprint density at radius 2 is 2.42 bits per heavy atom. The zero-order valence-electron chi connectivity index (χ0n) is 7.16. The molecule has 1 aromatic rings. The number of carbonyl (C=O) groups excluding carboxylic acids is 1. The van der Waals surface area contributed by atoms with Crippen molar-refractivity contribution in [3.8, 4) is 0 Å². The van der Waals surface area contributed by atoms with Gasteiger partial charge in [0, 0.05) is 12.6 Å². The van der Waals surface area contributed by atoms with Crippen molar-refractivity contribution < 1.29 is 4.79 Å². The van der Waals surface area contributed by atoms with E-state index in [1.54, 1.807) is 26.1 Å². The molecule has 0 fully saturated rings. The molecule has 64 valence electrons. The van der Waals surface area contributed by atoms with Gasteiger partial charge in [0.2, 0.25) is 5.91 Å². The van der Waals surface area contributed by atoms with E-state index in [4.69, 9.17) is 0 Å². The Morgan fingerprint density at radius 1 is 1.67 bits per heavy atom. The van der Waals surface area contributed by atoms with Crippen LogP contribution in [-0.2, 0) is 4.79 Å². The van der Waals surface area contributed by atoms with E-state index in [1.165, 1.54) is 0 Å². The first-order valence-electron chi connectivity index (χ1n) is 3.82. The number of anilines is 1. The number of amides is 1. The molecule has 1 amide bonds. The van der Waals surface area contributed by atoms with Gasteiger partial charge < -0.3 is 5.32 Å². The molecule has 1 aromatic heterocycles. The van der Waals surface area contributed by atoms with Gasteiger partial charge in [0.1, 0.15) is 11.6 Å². The van der Waals surface area contributed by atoms with E-state index in [0.717, 1.165) is 0 Å². The molecule has 0 aromatic carbocycles. The van der Waals surface area contributed by atoms with Gasteiger partial charge in [-0.05, 0) is 13.0 Å². The van der Waals surface area contributed by atoms with Gasteiger partial charge in [-0.25, -0.2) is 9.97 Å². The third-order valence-electron chi connectivity index (χ3n) is 1.36. The Morgan fingerprint density at radius 3 is 3.00 bits per heavy atom. The molecule has 0 aliphatic carbocycles. The van der Waals surface area contributed by atoms with Crippen LogP contribution in [0.2, 0.25) is 0 Å². The maximum atomic E-state index is 10.9. The smallest absolute Gasteiger partial charge is 0.225 e. The lowest BCUT2D eigenvalue weighted by Crippen LogP contribution is -2.11. The second-order valence-electron chi connectivity index (χ2n) is 2.39. The summed E-state index contributed by atoms with van der Waals surface area (Å²) in [6.45, 7) is 3.57. The van der Waals surface area contributed by atoms with Crippen molar-refractivity contribution in [2.24, 2.45) is 0 Å². The molecule has 12 heavy (non-hydrogen) atoms. The number of carbonyl (C=O) groups is 1. The van der Waals surface area contributed by atoms with E-state index in [-0.39, 0.29) is 5.91 Å². The molecule has 1 rings (SSSR count). The Labute approximate surface area is 71.0 Å². The lowest BCUT2D eigenvalue weighted by atomic mass is 10.4. The summed E-state index contributed by atoms with van der Waals surface area (Å²) in [4.78, 5) is 18.8. The highest BCUT2D eigenvalue weighted by molar-refractivity contribution is 5.89. The molecule has 0 bridgehead atoms. The number of nitrogens with one attached hydrogen (secondary N) is 1. The normalized spacial score (nSPS) is 9.50. The summed E-state index contributed by atoms with van der Waals surface area (Å²) >= 11 is 0. The minimum absolute atomic E-state index is 0.0342. The van der Waals surface area contributed by atoms with Gasteiger partial charge in [0.05, 0.1) is 0 Å². The predicted octanol–water partition coefficient (Wildman–Crippen LogP) is 1.13. The average Bonchev–Trinajstić information content (AvgIpc) is 2.04. The first kappa shape index (κ1) is 8.64. The Hall–Kier alpha value is -1.45. The number of aryl methyl sites for hydroxylation is 1. The highest BCUT2D eigenvalue weighted by atomic mass is 16.1. The van der Waals surface area contributed by atoms with Crippen LogP contribution in [0.5, 0.6) is 0 Å². The van der Waals surface area contributed by atoms with Crippen LogP contribution in [0.3, 0.4) is 0 Å². The SMILES string of the molecule is CCC(=O)Nc1ccnc(C)n1. The number of hydrogen-bond acceptors (Lipinski definition) is 3. The van der Waals surface area contributed by atoms with Crippen molar-refractivity contribution in [1.82, 2.24) is 9.97 Å². The van der Waals surface area contributed by atoms with Crippen LogP contribution in [0.15, 0.2) is 12.3 Å². The van der Waals surface area contributed by atoms with Crippen molar-refractivity contribution in [3.05, 3.63) is 18.1 Å². The van der Waals surface area contributed by atoms with Crippen molar-refractivity contribution in [2.75, 3.05) is 5.32 Å². The van der Waals surface area contributed by atoms with Gasteiger partial charge in [-0.1, -0.05) is 6.92 Å². The molecule has 0 aliphatic rings. The van der Waals surface area contributed by atoms with Crippen LogP contribution >= 0.6 is 0 Å². The molecule has 4 heteroatoms. The second-order valence-corrected chi connectivity index (χ2v) is 2.39. The highest BCUT2D eigenvalue weighted by Gasteiger charge is 1.99. The molecular weight excluding hydrogens is 154 g/mol. The van der Waals surface area contributed by atoms with Crippen molar-refractivity contribution >= 4 is 11.7 Å². The van der Waals surface area contributed by atoms with Crippen LogP contribution < -0.4 is 5.32 Å². The summed E-state index contributed by atoms with van der Waals surface area (Å²) in [5, 5.41) is 2.64. The minimum Gasteiger partial charge on any atom is -0.311 e. The van der Waals surface area contributed by atoms with Crippen LogP contribution in [-0.4, -0.2) is 15.9 Å². The van der Waals surface area contributed by atoms with Crippen molar-refractivity contribution in [3.63, 3.8) is 0 Å². The first-order chi connectivity index (χ1) is 5.72. The van der Waals surface area contributed by atoms with Gasteiger partial charge in [-0.3, -0.25) is 4.79 Å². The minimum atomic E-state index is -0.0342. The Balaban J connectivity index is 2.69. The summed E-state index contributed by atoms with van der Waals surface area (Å²) in [6, 6.07) is 1.67. The first-order valence-corrected chi connectivity index (χ1v) is 3.82. The van der Waals surface area contributed by atoms with E-state index in [2.05, 4.69) is 15.3 Å². The Kier molecular flexibility index (Phi) is 2.74. The molecule has 1 heterocycles. The van der Waals surface area contributed by atoms with Gasteiger partial charge in [0.25, 0.3) is 0 Å². The summed E-state index contributed by atoms with van der Waals surface area (Å²) < 4.78 is 0. The average molecular weight is 165 g/mol. The van der Waals surface area contributed by atoms with E-state index in [0.29, 0.717) is 18.1 Å². The van der Waals surface area contributed by atoms with Crippen LogP contribution in [0.1, 0.15) is 19.2 Å². The van der Waals surface area contributed by atoms with Gasteiger partial charge in [-0.15, -0.1) is 0 Å². The molecule has 0 spiro atoms. The topological polar surface area (TPSA) is 54.9 Å². The van der Waals surface area contributed by atoms with Crippen LogP contribution in [0, 0.1) is 6.92 Å². The van der Waals surface area contributed by atoms with E-state index >= 15 is 0 Å². The van der Waals surface area contributed by atoms with Gasteiger partial charge in [0.15, 0.2) is 0 Å². The third kappa shape index (κ3) is 2.30. The molecule has 0 radical (unpaired) electrons. The molecule has 0 atom stereocenters. The number of hydrogen-bond donors (Lipinski definition) is 1.